The van der Waals surface area contributed by atoms with Crippen LogP contribution in [0.15, 0.2) is 33.5 Å². The van der Waals surface area contributed by atoms with Crippen molar-refractivity contribution in [2.45, 2.75) is 0 Å². The highest BCUT2D eigenvalue weighted by molar-refractivity contribution is 9.10. The van der Waals surface area contributed by atoms with Gasteiger partial charge in [-0.05, 0) is 28.1 Å². The molecule has 0 bridgehead atoms. The van der Waals surface area contributed by atoms with Gasteiger partial charge in [0.05, 0.1) is 15.0 Å². The quantitative estimate of drug-likeness (QED) is 0.774. The summed E-state index contributed by atoms with van der Waals surface area (Å²) in [5.41, 5.74) is 0.512. The lowest BCUT2D eigenvalue weighted by molar-refractivity contribution is 1.28. The number of benzene rings is 1. The third kappa shape index (κ3) is 1.49. The molecule has 0 fully saturated rings. The Morgan fingerprint density at radius 1 is 1.38 bits per heavy atom. The number of H-pyrrole nitrogens is 1. The van der Waals surface area contributed by atoms with Gasteiger partial charge in [0, 0.05) is 5.39 Å². The lowest BCUT2D eigenvalue weighted by atomic mass is 10.2. The van der Waals surface area contributed by atoms with E-state index in [0.717, 1.165) is 5.39 Å². The molecule has 1 N–H and O–H groups in total. The van der Waals surface area contributed by atoms with Gasteiger partial charge in [-0.25, -0.2) is 0 Å². The predicted octanol–water partition coefficient (Wildman–Crippen LogP) is 2.94. The van der Waals surface area contributed by atoms with Gasteiger partial charge < -0.3 is 4.98 Å². The van der Waals surface area contributed by atoms with Gasteiger partial charge in [-0.15, -0.1) is 0 Å². The Morgan fingerprint density at radius 3 is 2.92 bits per heavy atom. The molecule has 0 saturated carbocycles. The van der Waals surface area contributed by atoms with Crippen molar-refractivity contribution < 1.29 is 0 Å². The molecule has 0 saturated heterocycles. The molecule has 0 unspecified atom stereocenters. The molecule has 1 aromatic carbocycles. The summed E-state index contributed by atoms with van der Waals surface area (Å²) in [6.45, 7) is 0. The van der Waals surface area contributed by atoms with Crippen LogP contribution < -0.4 is 5.56 Å². The summed E-state index contributed by atoms with van der Waals surface area (Å²) in [4.78, 5) is 13.9. The SMILES string of the molecule is O=c1[nH]c2c(Cl)cccc2cc1Br. The molecule has 66 valence electrons. The van der Waals surface area contributed by atoms with Crippen LogP contribution in [0.4, 0.5) is 0 Å². The van der Waals surface area contributed by atoms with Crippen molar-refractivity contribution in [3.63, 3.8) is 0 Å². The van der Waals surface area contributed by atoms with E-state index in [1.54, 1.807) is 12.1 Å². The minimum atomic E-state index is -0.166. The molecular formula is C9H5BrClNO. The average Bonchev–Trinajstić information content (AvgIpc) is 2.09. The Balaban J connectivity index is 2.97. The van der Waals surface area contributed by atoms with E-state index in [1.807, 2.05) is 12.1 Å². The fraction of sp³-hybridized carbons (Fsp3) is 0. The highest BCUT2D eigenvalue weighted by Crippen LogP contribution is 2.21. The van der Waals surface area contributed by atoms with Crippen LogP contribution in [-0.4, -0.2) is 4.98 Å². The highest BCUT2D eigenvalue weighted by atomic mass is 79.9. The molecule has 2 rings (SSSR count). The normalized spacial score (nSPS) is 10.6. The predicted molar refractivity (Wildman–Crippen MR) is 57.3 cm³/mol. The largest absolute Gasteiger partial charge is 0.320 e. The summed E-state index contributed by atoms with van der Waals surface area (Å²) in [7, 11) is 0. The van der Waals surface area contributed by atoms with Crippen molar-refractivity contribution in [1.82, 2.24) is 4.98 Å². The van der Waals surface area contributed by atoms with Crippen molar-refractivity contribution in [2.24, 2.45) is 0 Å². The van der Waals surface area contributed by atoms with Crippen LogP contribution in [-0.2, 0) is 0 Å². The zero-order chi connectivity index (χ0) is 9.42. The molecule has 0 amide bonds. The van der Waals surface area contributed by atoms with Crippen LogP contribution in [0.3, 0.4) is 0 Å². The van der Waals surface area contributed by atoms with Gasteiger partial charge in [0.25, 0.3) is 5.56 Å². The van der Waals surface area contributed by atoms with Crippen molar-refractivity contribution in [3.8, 4) is 0 Å². The Kier molecular flexibility index (Phi) is 2.14. The van der Waals surface area contributed by atoms with E-state index in [2.05, 4.69) is 20.9 Å². The first-order valence-corrected chi connectivity index (χ1v) is 4.82. The van der Waals surface area contributed by atoms with Crippen LogP contribution in [0, 0.1) is 0 Å². The zero-order valence-corrected chi connectivity index (χ0v) is 8.82. The van der Waals surface area contributed by atoms with E-state index in [-0.39, 0.29) is 5.56 Å². The molecule has 0 atom stereocenters. The van der Waals surface area contributed by atoms with Gasteiger partial charge in [0.15, 0.2) is 0 Å². The minimum absolute atomic E-state index is 0.166. The molecule has 2 aromatic rings. The number of fused-ring (bicyclic) bond motifs is 1. The van der Waals surface area contributed by atoms with Crippen molar-refractivity contribution in [2.75, 3.05) is 0 Å². The number of hydrogen-bond acceptors (Lipinski definition) is 1. The Morgan fingerprint density at radius 2 is 2.15 bits per heavy atom. The van der Waals surface area contributed by atoms with Gasteiger partial charge in [-0.2, -0.15) is 0 Å². The summed E-state index contributed by atoms with van der Waals surface area (Å²) >= 11 is 9.05. The van der Waals surface area contributed by atoms with Crippen LogP contribution in [0.5, 0.6) is 0 Å². The van der Waals surface area contributed by atoms with Crippen molar-refractivity contribution in [1.29, 1.82) is 0 Å². The number of para-hydroxylation sites is 1. The molecule has 0 aliphatic rings. The molecule has 4 heteroatoms. The fourth-order valence-electron chi connectivity index (χ4n) is 1.17. The lowest BCUT2D eigenvalue weighted by Gasteiger charge is -1.99. The van der Waals surface area contributed by atoms with Crippen molar-refractivity contribution in [3.05, 3.63) is 44.1 Å². The second kappa shape index (κ2) is 3.16. The second-order valence-electron chi connectivity index (χ2n) is 2.65. The van der Waals surface area contributed by atoms with E-state index in [4.69, 9.17) is 11.6 Å². The molecule has 1 heterocycles. The first-order chi connectivity index (χ1) is 6.18. The standard InChI is InChI=1S/C9H5BrClNO/c10-6-4-5-2-1-3-7(11)8(5)12-9(6)13/h1-4H,(H,12,13). The van der Waals surface area contributed by atoms with Crippen LogP contribution in [0.1, 0.15) is 0 Å². The molecule has 13 heavy (non-hydrogen) atoms. The third-order valence-electron chi connectivity index (χ3n) is 1.78. The average molecular weight is 259 g/mol. The fourth-order valence-corrected chi connectivity index (χ4v) is 1.74. The maximum atomic E-state index is 11.2. The van der Waals surface area contributed by atoms with E-state index in [1.165, 1.54) is 0 Å². The van der Waals surface area contributed by atoms with Crippen LogP contribution in [0.2, 0.25) is 5.02 Å². The third-order valence-corrected chi connectivity index (χ3v) is 2.69. The Hall–Kier alpha value is -0.800. The number of nitrogens with one attached hydrogen (secondary N) is 1. The summed E-state index contributed by atoms with van der Waals surface area (Å²) < 4.78 is 0.516. The molecule has 0 spiro atoms. The van der Waals surface area contributed by atoms with Gasteiger partial charge >= 0.3 is 0 Å². The molecule has 2 nitrogen and oxygen atoms in total. The summed E-state index contributed by atoms with van der Waals surface area (Å²) in [5.74, 6) is 0. The Bertz CT molecular complexity index is 520. The molecule has 0 aliphatic carbocycles. The maximum Gasteiger partial charge on any atom is 0.262 e. The topological polar surface area (TPSA) is 32.9 Å². The van der Waals surface area contributed by atoms with E-state index in [0.29, 0.717) is 15.0 Å². The van der Waals surface area contributed by atoms with E-state index >= 15 is 0 Å². The number of hydrogen-bond donors (Lipinski definition) is 1. The van der Waals surface area contributed by atoms with E-state index < -0.39 is 0 Å². The number of aromatic amines is 1. The molecular weight excluding hydrogens is 253 g/mol. The first-order valence-electron chi connectivity index (χ1n) is 3.65. The number of aromatic nitrogens is 1. The highest BCUT2D eigenvalue weighted by Gasteiger charge is 2.01. The maximum absolute atomic E-state index is 11.2. The minimum Gasteiger partial charge on any atom is -0.320 e. The van der Waals surface area contributed by atoms with Crippen molar-refractivity contribution >= 4 is 38.4 Å². The second-order valence-corrected chi connectivity index (χ2v) is 3.91. The number of pyridine rings is 1. The van der Waals surface area contributed by atoms with E-state index in [9.17, 15) is 4.79 Å². The van der Waals surface area contributed by atoms with Crippen LogP contribution >= 0.6 is 27.5 Å². The monoisotopic (exact) mass is 257 g/mol. The van der Waals surface area contributed by atoms with Crippen LogP contribution in [0.25, 0.3) is 10.9 Å². The molecule has 1 aromatic heterocycles. The number of halogens is 2. The summed E-state index contributed by atoms with van der Waals surface area (Å²) in [6.07, 6.45) is 0. The lowest BCUT2D eigenvalue weighted by Crippen LogP contribution is -2.05. The Labute approximate surface area is 87.7 Å². The first kappa shape index (κ1) is 8.78. The summed E-state index contributed by atoms with van der Waals surface area (Å²) in [6, 6.07) is 7.23. The summed E-state index contributed by atoms with van der Waals surface area (Å²) in [5, 5.41) is 1.47. The van der Waals surface area contributed by atoms with Gasteiger partial charge in [-0.3, -0.25) is 4.79 Å². The zero-order valence-electron chi connectivity index (χ0n) is 6.47. The van der Waals surface area contributed by atoms with Gasteiger partial charge in [0.1, 0.15) is 0 Å². The smallest absolute Gasteiger partial charge is 0.262 e. The van der Waals surface area contributed by atoms with Gasteiger partial charge in [-0.1, -0.05) is 23.7 Å². The number of rotatable bonds is 0. The molecule has 0 aliphatic heterocycles. The van der Waals surface area contributed by atoms with Gasteiger partial charge in [0.2, 0.25) is 0 Å². The molecule has 0 radical (unpaired) electrons.